The van der Waals surface area contributed by atoms with Crippen molar-refractivity contribution in [1.29, 1.82) is 0 Å². The molecule has 0 radical (unpaired) electrons. The Morgan fingerprint density at radius 2 is 1.77 bits per heavy atom. The first-order chi connectivity index (χ1) is 14.5. The van der Waals surface area contributed by atoms with E-state index in [9.17, 15) is 14.0 Å². The van der Waals surface area contributed by atoms with Crippen LogP contribution in [0.1, 0.15) is 36.5 Å². The van der Waals surface area contributed by atoms with Gasteiger partial charge in [-0.25, -0.2) is 9.37 Å². The number of aryl methyl sites for hydroxylation is 1. The van der Waals surface area contributed by atoms with Gasteiger partial charge in [-0.1, -0.05) is 12.1 Å². The normalized spacial score (nSPS) is 10.9. The molecule has 0 aliphatic carbocycles. The largest absolute Gasteiger partial charge is 0.352 e. The zero-order valence-corrected chi connectivity index (χ0v) is 17.4. The number of nitrogens with zero attached hydrogens (tertiary/aromatic N) is 3. The molecule has 158 valence electrons. The molecule has 0 aliphatic rings. The highest BCUT2D eigenvalue weighted by Crippen LogP contribution is 2.17. The topological polar surface area (TPSA) is 67.2 Å². The molecule has 0 spiro atoms. The van der Waals surface area contributed by atoms with E-state index >= 15 is 0 Å². The van der Waals surface area contributed by atoms with Gasteiger partial charge in [-0.05, 0) is 56.7 Å². The number of halogens is 1. The second kappa shape index (κ2) is 10.0. The van der Waals surface area contributed by atoms with E-state index in [0.29, 0.717) is 38.0 Å². The van der Waals surface area contributed by atoms with Crippen LogP contribution in [0, 0.1) is 5.82 Å². The van der Waals surface area contributed by atoms with E-state index in [1.54, 1.807) is 0 Å². The zero-order valence-electron chi connectivity index (χ0n) is 17.4. The van der Waals surface area contributed by atoms with E-state index in [4.69, 9.17) is 4.98 Å². The molecule has 2 aromatic carbocycles. The van der Waals surface area contributed by atoms with Crippen LogP contribution in [0.5, 0.6) is 0 Å². The molecular formula is C23H27FN4O2. The Morgan fingerprint density at radius 1 is 1.07 bits per heavy atom. The van der Waals surface area contributed by atoms with Gasteiger partial charge >= 0.3 is 0 Å². The third-order valence-electron chi connectivity index (χ3n) is 5.11. The molecular weight excluding hydrogens is 383 g/mol. The highest BCUT2D eigenvalue weighted by Gasteiger charge is 2.16. The molecule has 6 nitrogen and oxygen atoms in total. The molecule has 0 unspecified atom stereocenters. The summed E-state index contributed by atoms with van der Waals surface area (Å²) >= 11 is 0. The van der Waals surface area contributed by atoms with E-state index in [1.165, 1.54) is 24.3 Å². The SMILES string of the molecule is CCN(CC)C(=O)Cn1c(CCCNC(=O)c2ccc(F)cc2)nc2ccccc21. The fraction of sp³-hybridized carbons (Fsp3) is 0.348. The van der Waals surface area contributed by atoms with Crippen molar-refractivity contribution >= 4 is 22.8 Å². The van der Waals surface area contributed by atoms with Crippen LogP contribution < -0.4 is 5.32 Å². The van der Waals surface area contributed by atoms with Gasteiger partial charge in [0.1, 0.15) is 18.2 Å². The quantitative estimate of drug-likeness (QED) is 0.550. The lowest BCUT2D eigenvalue weighted by atomic mass is 10.2. The lowest BCUT2D eigenvalue weighted by molar-refractivity contribution is -0.131. The van der Waals surface area contributed by atoms with Gasteiger partial charge in [0.15, 0.2) is 0 Å². The number of imidazole rings is 1. The van der Waals surface area contributed by atoms with Crippen molar-refractivity contribution in [3.8, 4) is 0 Å². The molecule has 0 fully saturated rings. The number of hydrogen-bond donors (Lipinski definition) is 1. The highest BCUT2D eigenvalue weighted by atomic mass is 19.1. The van der Waals surface area contributed by atoms with Crippen molar-refractivity contribution in [2.75, 3.05) is 19.6 Å². The lowest BCUT2D eigenvalue weighted by Gasteiger charge is -2.20. The number of para-hydroxylation sites is 2. The molecule has 30 heavy (non-hydrogen) atoms. The lowest BCUT2D eigenvalue weighted by Crippen LogP contribution is -2.33. The Kier molecular flexibility index (Phi) is 7.17. The van der Waals surface area contributed by atoms with Crippen molar-refractivity contribution in [2.24, 2.45) is 0 Å². The van der Waals surface area contributed by atoms with Gasteiger partial charge in [0, 0.05) is 31.6 Å². The average Bonchev–Trinajstić information content (AvgIpc) is 3.10. The van der Waals surface area contributed by atoms with Crippen LogP contribution in [-0.2, 0) is 17.8 Å². The maximum absolute atomic E-state index is 13.0. The minimum atomic E-state index is -0.371. The Morgan fingerprint density at radius 3 is 2.47 bits per heavy atom. The standard InChI is InChI=1S/C23H27FN4O2/c1-3-27(4-2)22(29)16-28-20-9-6-5-8-19(20)26-21(28)10-7-15-25-23(30)17-11-13-18(24)14-12-17/h5-6,8-9,11-14H,3-4,7,10,15-16H2,1-2H3,(H,25,30). The first-order valence-electron chi connectivity index (χ1n) is 10.3. The van der Waals surface area contributed by atoms with Crippen molar-refractivity contribution in [3.05, 3.63) is 65.7 Å². The highest BCUT2D eigenvalue weighted by molar-refractivity contribution is 5.94. The molecule has 0 atom stereocenters. The Labute approximate surface area is 175 Å². The summed E-state index contributed by atoms with van der Waals surface area (Å²) in [5.74, 6) is 0.284. The van der Waals surface area contributed by atoms with Crippen LogP contribution in [0.4, 0.5) is 4.39 Å². The summed E-state index contributed by atoms with van der Waals surface area (Å²) in [5.41, 5.74) is 2.21. The van der Waals surface area contributed by atoms with Crippen molar-refractivity contribution in [1.82, 2.24) is 19.8 Å². The first-order valence-corrected chi connectivity index (χ1v) is 10.3. The summed E-state index contributed by atoms with van der Waals surface area (Å²) < 4.78 is 15.0. The average molecular weight is 410 g/mol. The van der Waals surface area contributed by atoms with Crippen molar-refractivity contribution in [3.63, 3.8) is 0 Å². The molecule has 0 saturated heterocycles. The number of hydrogen-bond acceptors (Lipinski definition) is 3. The summed E-state index contributed by atoms with van der Waals surface area (Å²) in [4.78, 5) is 31.3. The number of likely N-dealkylation sites (N-methyl/N-ethyl adjacent to an activating group) is 1. The fourth-order valence-corrected chi connectivity index (χ4v) is 3.46. The summed E-state index contributed by atoms with van der Waals surface area (Å²) in [7, 11) is 0. The Bertz CT molecular complexity index is 1010. The minimum Gasteiger partial charge on any atom is -0.352 e. The summed E-state index contributed by atoms with van der Waals surface area (Å²) in [6.07, 6.45) is 1.31. The third kappa shape index (κ3) is 5.03. The zero-order chi connectivity index (χ0) is 21.5. The third-order valence-corrected chi connectivity index (χ3v) is 5.11. The van der Waals surface area contributed by atoms with Crippen LogP contribution in [0.3, 0.4) is 0 Å². The van der Waals surface area contributed by atoms with Crippen LogP contribution in [0.25, 0.3) is 11.0 Å². The molecule has 0 bridgehead atoms. The molecule has 7 heteroatoms. The van der Waals surface area contributed by atoms with Crippen LogP contribution >= 0.6 is 0 Å². The fourth-order valence-electron chi connectivity index (χ4n) is 3.46. The molecule has 2 amide bonds. The first kappa shape index (κ1) is 21.5. The number of carbonyl (C=O) groups is 2. The maximum Gasteiger partial charge on any atom is 0.251 e. The number of nitrogens with one attached hydrogen (secondary N) is 1. The summed E-state index contributed by atoms with van der Waals surface area (Å²) in [5, 5.41) is 2.85. The van der Waals surface area contributed by atoms with Gasteiger partial charge in [-0.15, -0.1) is 0 Å². The van der Waals surface area contributed by atoms with E-state index in [1.807, 2.05) is 47.6 Å². The molecule has 3 rings (SSSR count). The number of aromatic nitrogens is 2. The second-order valence-electron chi connectivity index (χ2n) is 7.04. The van der Waals surface area contributed by atoms with Gasteiger partial charge in [0.25, 0.3) is 5.91 Å². The van der Waals surface area contributed by atoms with Gasteiger partial charge < -0.3 is 14.8 Å². The number of amides is 2. The second-order valence-corrected chi connectivity index (χ2v) is 7.04. The molecule has 0 saturated carbocycles. The van der Waals surface area contributed by atoms with Crippen LogP contribution in [0.2, 0.25) is 0 Å². The van der Waals surface area contributed by atoms with Crippen LogP contribution in [0.15, 0.2) is 48.5 Å². The number of fused-ring (bicyclic) bond motifs is 1. The predicted octanol–water partition coefficient (Wildman–Crippen LogP) is 3.41. The van der Waals surface area contributed by atoms with Crippen molar-refractivity contribution < 1.29 is 14.0 Å². The molecule has 0 aliphatic heterocycles. The number of carbonyl (C=O) groups excluding carboxylic acids is 2. The smallest absolute Gasteiger partial charge is 0.251 e. The van der Waals surface area contributed by atoms with Gasteiger partial charge in [-0.2, -0.15) is 0 Å². The van der Waals surface area contributed by atoms with E-state index in [0.717, 1.165) is 16.9 Å². The van der Waals surface area contributed by atoms with Gasteiger partial charge in [-0.3, -0.25) is 9.59 Å². The van der Waals surface area contributed by atoms with Crippen LogP contribution in [-0.4, -0.2) is 45.9 Å². The maximum atomic E-state index is 13.0. The summed E-state index contributed by atoms with van der Waals surface area (Å²) in [6, 6.07) is 13.2. The number of benzene rings is 2. The Hall–Kier alpha value is -3.22. The van der Waals surface area contributed by atoms with Gasteiger partial charge in [0.2, 0.25) is 5.91 Å². The summed E-state index contributed by atoms with van der Waals surface area (Å²) in [6.45, 7) is 6.00. The number of rotatable bonds is 9. The van der Waals surface area contributed by atoms with E-state index < -0.39 is 0 Å². The molecule has 1 heterocycles. The molecule has 1 aromatic heterocycles. The van der Waals surface area contributed by atoms with Gasteiger partial charge in [0.05, 0.1) is 11.0 Å². The predicted molar refractivity (Wildman–Crippen MR) is 115 cm³/mol. The monoisotopic (exact) mass is 410 g/mol. The molecule has 3 aromatic rings. The van der Waals surface area contributed by atoms with Crippen molar-refractivity contribution in [2.45, 2.75) is 33.2 Å². The van der Waals surface area contributed by atoms with E-state index in [-0.39, 0.29) is 24.2 Å². The minimum absolute atomic E-state index is 0.0639. The Balaban J connectivity index is 1.65. The van der Waals surface area contributed by atoms with E-state index in [2.05, 4.69) is 5.32 Å². The molecule has 1 N–H and O–H groups in total.